The summed E-state index contributed by atoms with van der Waals surface area (Å²) in [5.74, 6) is -0.0858. The van der Waals surface area contributed by atoms with E-state index in [4.69, 9.17) is 14.2 Å². The van der Waals surface area contributed by atoms with E-state index in [9.17, 15) is 14.4 Å². The molecule has 0 amide bonds. The van der Waals surface area contributed by atoms with E-state index in [2.05, 4.69) is 27.7 Å². The minimum Gasteiger partial charge on any atom is -0.462 e. The van der Waals surface area contributed by atoms with E-state index in [1.54, 1.807) is 0 Å². The van der Waals surface area contributed by atoms with Gasteiger partial charge in [0.05, 0.1) is 0 Å². The Morgan fingerprint density at radius 2 is 0.569 bits per heavy atom. The monoisotopic (exact) mass is 821 g/mol. The summed E-state index contributed by atoms with van der Waals surface area (Å²) in [5.41, 5.74) is 0. The number of hydrogen-bond acceptors (Lipinski definition) is 6. The molecular weight excluding hydrogens is 721 g/mol. The summed E-state index contributed by atoms with van der Waals surface area (Å²) in [7, 11) is 0. The molecule has 0 aliphatic rings. The highest BCUT2D eigenvalue weighted by Gasteiger charge is 2.19. The fourth-order valence-corrected chi connectivity index (χ4v) is 7.86. The second-order valence-electron chi connectivity index (χ2n) is 18.3. The van der Waals surface area contributed by atoms with Crippen LogP contribution in [0.5, 0.6) is 0 Å². The number of ether oxygens (including phenoxy) is 3. The summed E-state index contributed by atoms with van der Waals surface area (Å²) in [5, 5.41) is 0. The Bertz CT molecular complexity index is 872. The topological polar surface area (TPSA) is 78.9 Å². The third kappa shape index (κ3) is 45.5. The molecule has 6 heteroatoms. The van der Waals surface area contributed by atoms with Crippen LogP contribution in [-0.4, -0.2) is 37.2 Å². The van der Waals surface area contributed by atoms with Gasteiger partial charge in [-0.1, -0.05) is 252 Å². The summed E-state index contributed by atoms with van der Waals surface area (Å²) in [6.45, 7) is 8.96. The lowest BCUT2D eigenvalue weighted by Gasteiger charge is -2.18. The van der Waals surface area contributed by atoms with Crippen molar-refractivity contribution in [1.29, 1.82) is 0 Å². The summed E-state index contributed by atoms with van der Waals surface area (Å²) in [4.78, 5) is 37.9. The molecule has 0 aliphatic carbocycles. The molecule has 0 unspecified atom stereocenters. The van der Waals surface area contributed by atoms with Crippen LogP contribution in [0.25, 0.3) is 0 Å². The molecule has 0 N–H and O–H groups in total. The van der Waals surface area contributed by atoms with Gasteiger partial charge in [0.25, 0.3) is 0 Å². The fraction of sp³-hybridized carbons (Fsp3) is 0.942. The van der Waals surface area contributed by atoms with Crippen LogP contribution < -0.4 is 0 Å². The standard InChI is InChI=1S/C52H100O6/c1-5-7-9-11-13-15-17-19-21-23-25-27-29-31-37-41-45-52(55)58-49(47-57-51(54)44-40-36-33-32-34-38-42-48(3)4)46-56-50(53)43-39-35-30-28-26-24-22-20-18-16-14-12-10-8-6-2/h48-49H,5-47H2,1-4H3/t49-/m0/s1. The first-order valence-corrected chi connectivity index (χ1v) is 25.9. The maximum atomic E-state index is 12.8. The van der Waals surface area contributed by atoms with Gasteiger partial charge in [-0.15, -0.1) is 0 Å². The van der Waals surface area contributed by atoms with Gasteiger partial charge in [-0.05, 0) is 25.2 Å². The van der Waals surface area contributed by atoms with E-state index >= 15 is 0 Å². The lowest BCUT2D eigenvalue weighted by atomic mass is 10.0. The molecule has 0 spiro atoms. The molecular formula is C52H100O6. The smallest absolute Gasteiger partial charge is 0.306 e. The van der Waals surface area contributed by atoms with E-state index in [1.165, 1.54) is 186 Å². The minimum atomic E-state index is -0.761. The normalized spacial score (nSPS) is 11.9. The minimum absolute atomic E-state index is 0.0636. The molecule has 0 saturated carbocycles. The predicted octanol–water partition coefficient (Wildman–Crippen LogP) is 16.7. The molecule has 0 heterocycles. The van der Waals surface area contributed by atoms with E-state index in [-0.39, 0.29) is 31.1 Å². The Morgan fingerprint density at radius 3 is 0.845 bits per heavy atom. The van der Waals surface area contributed by atoms with Gasteiger partial charge in [0, 0.05) is 19.3 Å². The molecule has 344 valence electrons. The first kappa shape index (κ1) is 56.4. The number of rotatable bonds is 47. The van der Waals surface area contributed by atoms with Crippen LogP contribution in [0, 0.1) is 5.92 Å². The Balaban J connectivity index is 4.26. The first-order valence-electron chi connectivity index (χ1n) is 25.9. The molecule has 0 saturated heterocycles. The summed E-state index contributed by atoms with van der Waals surface area (Å²) in [6, 6.07) is 0. The molecule has 6 nitrogen and oxygen atoms in total. The Kier molecular flexibility index (Phi) is 45.2. The van der Waals surface area contributed by atoms with Gasteiger partial charge < -0.3 is 14.2 Å². The third-order valence-corrected chi connectivity index (χ3v) is 11.8. The molecule has 0 aromatic carbocycles. The fourth-order valence-electron chi connectivity index (χ4n) is 7.86. The van der Waals surface area contributed by atoms with Gasteiger partial charge in [-0.2, -0.15) is 0 Å². The lowest BCUT2D eigenvalue weighted by Crippen LogP contribution is -2.30. The van der Waals surface area contributed by atoms with Gasteiger partial charge in [0.15, 0.2) is 6.10 Å². The van der Waals surface area contributed by atoms with Gasteiger partial charge in [0.1, 0.15) is 13.2 Å². The SMILES string of the molecule is CCCCCCCCCCCCCCCCCCC(=O)O[C@@H](COC(=O)CCCCCCCCCCCCCCCCC)COC(=O)CCCCCCCCC(C)C. The number of hydrogen-bond donors (Lipinski definition) is 0. The second-order valence-corrected chi connectivity index (χ2v) is 18.3. The van der Waals surface area contributed by atoms with Crippen LogP contribution in [0.4, 0.5) is 0 Å². The van der Waals surface area contributed by atoms with E-state index in [0.29, 0.717) is 19.3 Å². The van der Waals surface area contributed by atoms with Crippen molar-refractivity contribution in [1.82, 2.24) is 0 Å². The number of carbonyl (C=O) groups is 3. The summed E-state index contributed by atoms with van der Waals surface area (Å²) in [6.07, 6.45) is 48.1. The predicted molar refractivity (Wildman–Crippen MR) is 247 cm³/mol. The second kappa shape index (κ2) is 46.5. The maximum absolute atomic E-state index is 12.8. The van der Waals surface area contributed by atoms with Crippen LogP contribution in [0.15, 0.2) is 0 Å². The van der Waals surface area contributed by atoms with Crippen molar-refractivity contribution in [3.8, 4) is 0 Å². The number of esters is 3. The van der Waals surface area contributed by atoms with E-state index < -0.39 is 6.10 Å². The molecule has 0 aliphatic heterocycles. The number of unbranched alkanes of at least 4 members (excludes halogenated alkanes) is 34. The summed E-state index contributed by atoms with van der Waals surface area (Å²) < 4.78 is 16.8. The van der Waals surface area contributed by atoms with Gasteiger partial charge in [-0.25, -0.2) is 0 Å². The Morgan fingerprint density at radius 1 is 0.328 bits per heavy atom. The van der Waals surface area contributed by atoms with Crippen molar-refractivity contribution in [2.45, 2.75) is 297 Å². The zero-order chi connectivity index (χ0) is 42.4. The van der Waals surface area contributed by atoms with Crippen LogP contribution >= 0.6 is 0 Å². The van der Waals surface area contributed by atoms with Crippen molar-refractivity contribution in [3.05, 3.63) is 0 Å². The van der Waals surface area contributed by atoms with Crippen molar-refractivity contribution < 1.29 is 28.6 Å². The van der Waals surface area contributed by atoms with Crippen LogP contribution in [-0.2, 0) is 28.6 Å². The largest absolute Gasteiger partial charge is 0.462 e. The Hall–Kier alpha value is -1.59. The quantitative estimate of drug-likeness (QED) is 0.0346. The van der Waals surface area contributed by atoms with Gasteiger partial charge >= 0.3 is 17.9 Å². The molecule has 0 rings (SSSR count). The molecule has 0 fully saturated rings. The lowest BCUT2D eigenvalue weighted by molar-refractivity contribution is -0.167. The van der Waals surface area contributed by atoms with Crippen LogP contribution in [0.2, 0.25) is 0 Å². The summed E-state index contributed by atoms with van der Waals surface area (Å²) >= 11 is 0. The average molecular weight is 821 g/mol. The van der Waals surface area contributed by atoms with E-state index in [1.807, 2.05) is 0 Å². The molecule has 1 atom stereocenters. The van der Waals surface area contributed by atoms with E-state index in [0.717, 1.165) is 63.7 Å². The zero-order valence-electron chi connectivity index (χ0n) is 39.5. The molecule has 58 heavy (non-hydrogen) atoms. The zero-order valence-corrected chi connectivity index (χ0v) is 39.5. The average Bonchev–Trinajstić information content (AvgIpc) is 3.21. The highest BCUT2D eigenvalue weighted by molar-refractivity contribution is 5.71. The highest BCUT2D eigenvalue weighted by atomic mass is 16.6. The van der Waals surface area contributed by atoms with Crippen molar-refractivity contribution in [2.75, 3.05) is 13.2 Å². The first-order chi connectivity index (χ1) is 28.4. The molecule has 0 radical (unpaired) electrons. The Labute approximate surface area is 361 Å². The maximum Gasteiger partial charge on any atom is 0.306 e. The van der Waals surface area contributed by atoms with Crippen LogP contribution in [0.1, 0.15) is 291 Å². The molecule has 0 bridgehead atoms. The van der Waals surface area contributed by atoms with Crippen LogP contribution in [0.3, 0.4) is 0 Å². The van der Waals surface area contributed by atoms with Gasteiger partial charge in [-0.3, -0.25) is 14.4 Å². The molecule has 0 aromatic heterocycles. The van der Waals surface area contributed by atoms with Crippen molar-refractivity contribution in [2.24, 2.45) is 5.92 Å². The number of carbonyl (C=O) groups excluding carboxylic acids is 3. The van der Waals surface area contributed by atoms with Crippen molar-refractivity contribution in [3.63, 3.8) is 0 Å². The third-order valence-electron chi connectivity index (χ3n) is 11.8. The van der Waals surface area contributed by atoms with Gasteiger partial charge in [0.2, 0.25) is 0 Å². The van der Waals surface area contributed by atoms with Crippen molar-refractivity contribution >= 4 is 17.9 Å². The molecule has 0 aromatic rings. The highest BCUT2D eigenvalue weighted by Crippen LogP contribution is 2.17.